The zero-order valence-corrected chi connectivity index (χ0v) is 17.9. The van der Waals surface area contributed by atoms with Crippen LogP contribution in [0.3, 0.4) is 0 Å². The molecule has 1 saturated heterocycles. The number of aromatic nitrogens is 1. The van der Waals surface area contributed by atoms with E-state index in [1.54, 1.807) is 0 Å². The molecular weight excluding hydrogens is 442 g/mol. The molecule has 11 heteroatoms. The normalized spacial score (nSPS) is 15.2. The van der Waals surface area contributed by atoms with Crippen molar-refractivity contribution in [1.29, 1.82) is 0 Å². The fourth-order valence-electron chi connectivity index (χ4n) is 3.62. The van der Waals surface area contributed by atoms with E-state index < -0.39 is 23.5 Å². The van der Waals surface area contributed by atoms with Crippen LogP contribution in [0.1, 0.15) is 18.4 Å². The number of benzene rings is 1. The lowest BCUT2D eigenvalue weighted by Crippen LogP contribution is -2.43. The minimum absolute atomic E-state index is 0.0313. The molecule has 1 aliphatic rings. The van der Waals surface area contributed by atoms with Crippen LogP contribution in [0.5, 0.6) is 0 Å². The number of primary amides is 1. The second kappa shape index (κ2) is 10.6. The highest BCUT2D eigenvalue weighted by molar-refractivity contribution is 5.95. The average molecular weight is 467 g/mol. The Labute approximate surface area is 188 Å². The van der Waals surface area contributed by atoms with Gasteiger partial charge in [-0.15, -0.1) is 0 Å². The predicted octanol–water partition coefficient (Wildman–Crippen LogP) is 2.66. The van der Waals surface area contributed by atoms with Gasteiger partial charge in [0.05, 0.1) is 12.1 Å². The van der Waals surface area contributed by atoms with E-state index in [1.807, 2.05) is 9.80 Å². The smallest absolute Gasteiger partial charge is 0.370 e. The summed E-state index contributed by atoms with van der Waals surface area (Å²) in [4.78, 5) is 33.4. The third-order valence-corrected chi connectivity index (χ3v) is 5.37. The van der Waals surface area contributed by atoms with Gasteiger partial charge in [0.25, 0.3) is 0 Å². The molecule has 0 spiro atoms. The number of hydrogen-bond donors (Lipinski definition) is 1. The summed E-state index contributed by atoms with van der Waals surface area (Å²) in [6, 6.07) is 7.77. The maximum Gasteiger partial charge on any atom is 0.417 e. The molecule has 1 aliphatic heterocycles. The first-order valence-corrected chi connectivity index (χ1v) is 10.5. The van der Waals surface area contributed by atoms with Crippen LogP contribution in [0, 0.1) is 5.82 Å². The molecule has 2 amide bonds. The fourth-order valence-corrected chi connectivity index (χ4v) is 3.62. The number of rotatable bonds is 7. The first-order valence-electron chi connectivity index (χ1n) is 10.5. The van der Waals surface area contributed by atoms with E-state index in [2.05, 4.69) is 4.98 Å². The number of carbonyl (C=O) groups excluding carboxylic acids is 2. The Balaban J connectivity index is 1.63. The number of halogens is 4. The maximum absolute atomic E-state index is 13.3. The van der Waals surface area contributed by atoms with Crippen molar-refractivity contribution in [1.82, 2.24) is 9.88 Å². The molecule has 0 radical (unpaired) electrons. The van der Waals surface area contributed by atoms with Crippen molar-refractivity contribution in [3.8, 4) is 0 Å². The molecule has 2 aromatic rings. The first kappa shape index (κ1) is 24.4. The van der Waals surface area contributed by atoms with Crippen molar-refractivity contribution in [2.45, 2.75) is 19.0 Å². The lowest BCUT2D eigenvalue weighted by Gasteiger charge is -2.27. The standard InChI is InChI=1S/C22H25F4N5O2/c23-17-3-5-18(6-4-17)31(11-8-19(27)32)21(33)15-29-9-1-10-30(13-12-29)20-7-2-16(14-28-20)22(24,25)26/h2-7,14H,1,8-13,15H2,(H2,27,32). The minimum Gasteiger partial charge on any atom is -0.370 e. The van der Waals surface area contributed by atoms with Crippen molar-refractivity contribution < 1.29 is 27.2 Å². The molecule has 1 aromatic carbocycles. The zero-order valence-electron chi connectivity index (χ0n) is 17.9. The summed E-state index contributed by atoms with van der Waals surface area (Å²) in [5.74, 6) is -0.801. The van der Waals surface area contributed by atoms with Crippen LogP contribution in [-0.2, 0) is 15.8 Å². The molecule has 7 nitrogen and oxygen atoms in total. The monoisotopic (exact) mass is 467 g/mol. The number of pyridine rings is 1. The zero-order chi connectivity index (χ0) is 24.0. The predicted molar refractivity (Wildman–Crippen MR) is 115 cm³/mol. The second-order valence-corrected chi connectivity index (χ2v) is 7.76. The Morgan fingerprint density at radius 1 is 1.03 bits per heavy atom. The van der Waals surface area contributed by atoms with Gasteiger partial charge in [0.2, 0.25) is 11.8 Å². The first-order chi connectivity index (χ1) is 15.6. The van der Waals surface area contributed by atoms with Gasteiger partial charge in [0.1, 0.15) is 11.6 Å². The molecule has 1 aromatic heterocycles. The van der Waals surface area contributed by atoms with Crippen LogP contribution in [0.15, 0.2) is 42.6 Å². The number of carbonyl (C=O) groups is 2. The average Bonchev–Trinajstić information content (AvgIpc) is 3.00. The summed E-state index contributed by atoms with van der Waals surface area (Å²) in [5.41, 5.74) is 4.90. The number of hydrogen-bond acceptors (Lipinski definition) is 5. The van der Waals surface area contributed by atoms with Crippen molar-refractivity contribution in [3.05, 3.63) is 54.0 Å². The molecule has 2 heterocycles. The summed E-state index contributed by atoms with van der Waals surface area (Å²) >= 11 is 0. The van der Waals surface area contributed by atoms with Crippen LogP contribution in [0.4, 0.5) is 29.1 Å². The lowest BCUT2D eigenvalue weighted by molar-refractivity contribution is -0.137. The van der Waals surface area contributed by atoms with Crippen molar-refractivity contribution in [2.75, 3.05) is 49.1 Å². The maximum atomic E-state index is 13.3. The largest absolute Gasteiger partial charge is 0.417 e. The Morgan fingerprint density at radius 2 is 1.76 bits per heavy atom. The Kier molecular flexibility index (Phi) is 7.85. The van der Waals surface area contributed by atoms with E-state index in [0.717, 1.165) is 12.3 Å². The Bertz CT molecular complexity index is 951. The van der Waals surface area contributed by atoms with Gasteiger partial charge in [0.15, 0.2) is 0 Å². The van der Waals surface area contributed by atoms with Gasteiger partial charge < -0.3 is 15.5 Å². The Morgan fingerprint density at radius 3 is 2.36 bits per heavy atom. The van der Waals surface area contributed by atoms with Crippen molar-refractivity contribution in [3.63, 3.8) is 0 Å². The molecular formula is C22H25F4N5O2. The number of nitrogens with zero attached hydrogens (tertiary/aromatic N) is 4. The highest BCUT2D eigenvalue weighted by atomic mass is 19.4. The SMILES string of the molecule is NC(=O)CCN(C(=O)CN1CCCN(c2ccc(C(F)(F)F)cn2)CC1)c1ccc(F)cc1. The lowest BCUT2D eigenvalue weighted by atomic mass is 10.2. The number of alkyl halides is 3. The van der Waals surface area contributed by atoms with Crippen LogP contribution in [0.25, 0.3) is 0 Å². The summed E-state index contributed by atoms with van der Waals surface area (Å²) in [6.07, 6.45) is -2.96. The van der Waals surface area contributed by atoms with Gasteiger partial charge >= 0.3 is 6.18 Å². The summed E-state index contributed by atoms with van der Waals surface area (Å²) in [6.45, 7) is 2.34. The molecule has 1 fully saturated rings. The summed E-state index contributed by atoms with van der Waals surface area (Å²) in [5, 5.41) is 0. The molecule has 2 N–H and O–H groups in total. The minimum atomic E-state index is -4.44. The molecule has 3 rings (SSSR count). The van der Waals surface area contributed by atoms with Crippen LogP contribution in [0.2, 0.25) is 0 Å². The molecule has 0 aliphatic carbocycles. The van der Waals surface area contributed by atoms with E-state index in [0.29, 0.717) is 44.1 Å². The van der Waals surface area contributed by atoms with E-state index >= 15 is 0 Å². The van der Waals surface area contributed by atoms with Gasteiger partial charge in [-0.1, -0.05) is 0 Å². The molecule has 33 heavy (non-hydrogen) atoms. The van der Waals surface area contributed by atoms with E-state index in [9.17, 15) is 27.2 Å². The number of amides is 2. The van der Waals surface area contributed by atoms with Crippen molar-refractivity contribution >= 4 is 23.3 Å². The van der Waals surface area contributed by atoms with Gasteiger partial charge in [-0.05, 0) is 42.8 Å². The highest BCUT2D eigenvalue weighted by Crippen LogP contribution is 2.29. The van der Waals surface area contributed by atoms with E-state index in [-0.39, 0.29) is 25.4 Å². The third-order valence-electron chi connectivity index (χ3n) is 5.37. The van der Waals surface area contributed by atoms with Gasteiger partial charge in [-0.25, -0.2) is 9.37 Å². The quantitative estimate of drug-likeness (QED) is 0.634. The number of anilines is 2. The second-order valence-electron chi connectivity index (χ2n) is 7.76. The fraction of sp³-hybridized carbons (Fsp3) is 0.409. The van der Waals surface area contributed by atoms with Gasteiger partial charge in [0, 0.05) is 51.0 Å². The van der Waals surface area contributed by atoms with Gasteiger partial charge in [-0.2, -0.15) is 13.2 Å². The third kappa shape index (κ3) is 6.88. The topological polar surface area (TPSA) is 82.8 Å². The van der Waals surface area contributed by atoms with E-state index in [1.165, 1.54) is 35.2 Å². The van der Waals surface area contributed by atoms with Crippen LogP contribution >= 0.6 is 0 Å². The van der Waals surface area contributed by atoms with Gasteiger partial charge in [-0.3, -0.25) is 14.5 Å². The highest BCUT2D eigenvalue weighted by Gasteiger charge is 2.31. The molecule has 178 valence electrons. The summed E-state index contributed by atoms with van der Waals surface area (Å²) < 4.78 is 51.6. The van der Waals surface area contributed by atoms with Crippen LogP contribution in [-0.4, -0.2) is 61.0 Å². The molecule has 0 bridgehead atoms. The van der Waals surface area contributed by atoms with E-state index in [4.69, 9.17) is 5.73 Å². The molecule has 0 unspecified atom stereocenters. The molecule has 0 saturated carbocycles. The molecule has 0 atom stereocenters. The van der Waals surface area contributed by atoms with Crippen molar-refractivity contribution in [2.24, 2.45) is 5.73 Å². The van der Waals surface area contributed by atoms with Crippen LogP contribution < -0.4 is 15.5 Å². The Hall–Kier alpha value is -3.21. The number of nitrogens with two attached hydrogens (primary N) is 1. The summed E-state index contributed by atoms with van der Waals surface area (Å²) in [7, 11) is 0.